The van der Waals surface area contributed by atoms with E-state index in [9.17, 15) is 0 Å². The topological polar surface area (TPSA) is 53.1 Å². The van der Waals surface area contributed by atoms with Crippen LogP contribution in [0.3, 0.4) is 0 Å². The normalized spacial score (nSPS) is 11.3. The fourth-order valence-electron chi connectivity index (χ4n) is 2.04. The van der Waals surface area contributed by atoms with E-state index in [1.165, 1.54) is 0 Å². The molecule has 5 heteroatoms. The molecule has 1 aromatic heterocycles. The van der Waals surface area contributed by atoms with Crippen molar-refractivity contribution >= 4 is 28.6 Å². The Hall–Kier alpha value is -1.26. The third-order valence-corrected chi connectivity index (χ3v) is 3.38. The summed E-state index contributed by atoms with van der Waals surface area (Å²) in [5.41, 5.74) is 7.69. The predicted molar refractivity (Wildman–Crippen MR) is 79.5 cm³/mol. The van der Waals surface area contributed by atoms with E-state index < -0.39 is 0 Å². The van der Waals surface area contributed by atoms with Crippen LogP contribution in [0.5, 0.6) is 0 Å². The van der Waals surface area contributed by atoms with E-state index in [4.69, 9.17) is 22.1 Å². The first-order chi connectivity index (χ1) is 9.24. The number of imidazole rings is 1. The van der Waals surface area contributed by atoms with E-state index in [-0.39, 0.29) is 0 Å². The molecule has 0 aliphatic heterocycles. The van der Waals surface area contributed by atoms with Gasteiger partial charge in [0.2, 0.25) is 5.95 Å². The number of nitrogen functional groups attached to an aromatic ring is 1. The van der Waals surface area contributed by atoms with E-state index in [2.05, 4.69) is 11.9 Å². The highest BCUT2D eigenvalue weighted by atomic mass is 35.5. The molecular formula is C14H20ClN3O. The lowest BCUT2D eigenvalue weighted by Gasteiger charge is -2.07. The van der Waals surface area contributed by atoms with Crippen molar-refractivity contribution in [3.05, 3.63) is 23.2 Å². The maximum atomic E-state index is 6.10. The number of hydrogen-bond acceptors (Lipinski definition) is 3. The lowest BCUT2D eigenvalue weighted by molar-refractivity contribution is 0.126. The van der Waals surface area contributed by atoms with Crippen LogP contribution in [0.4, 0.5) is 5.95 Å². The molecule has 104 valence electrons. The molecule has 1 heterocycles. The van der Waals surface area contributed by atoms with Crippen LogP contribution < -0.4 is 5.73 Å². The van der Waals surface area contributed by atoms with E-state index in [1.807, 2.05) is 22.8 Å². The van der Waals surface area contributed by atoms with Crippen LogP contribution in [0.15, 0.2) is 18.2 Å². The Morgan fingerprint density at radius 2 is 2.11 bits per heavy atom. The van der Waals surface area contributed by atoms with Crippen molar-refractivity contribution in [3.8, 4) is 0 Å². The molecule has 4 nitrogen and oxygen atoms in total. The summed E-state index contributed by atoms with van der Waals surface area (Å²) in [5.74, 6) is 0.511. The fraction of sp³-hybridized carbons (Fsp3) is 0.500. The summed E-state index contributed by atoms with van der Waals surface area (Å²) in [6.45, 7) is 4.54. The number of fused-ring (bicyclic) bond motifs is 1. The molecule has 0 atom stereocenters. The number of rotatable bonds is 7. The van der Waals surface area contributed by atoms with Crippen LogP contribution in [0.1, 0.15) is 26.2 Å². The Labute approximate surface area is 118 Å². The zero-order valence-corrected chi connectivity index (χ0v) is 12.0. The number of halogens is 1. The third kappa shape index (κ3) is 3.39. The largest absolute Gasteiger partial charge is 0.381 e. The van der Waals surface area contributed by atoms with Gasteiger partial charge in [-0.1, -0.05) is 31.0 Å². The summed E-state index contributed by atoms with van der Waals surface area (Å²) in [6, 6.07) is 5.73. The average Bonchev–Trinajstić information content (AvgIpc) is 2.72. The number of benzene rings is 1. The quantitative estimate of drug-likeness (QED) is 0.791. The first-order valence-corrected chi connectivity index (χ1v) is 7.09. The molecule has 0 bridgehead atoms. The van der Waals surface area contributed by atoms with Crippen LogP contribution >= 0.6 is 11.6 Å². The van der Waals surface area contributed by atoms with Crippen molar-refractivity contribution < 1.29 is 4.74 Å². The minimum absolute atomic E-state index is 0.511. The number of aromatic nitrogens is 2. The van der Waals surface area contributed by atoms with Crippen LogP contribution in [0, 0.1) is 0 Å². The summed E-state index contributed by atoms with van der Waals surface area (Å²) >= 11 is 6.10. The molecule has 0 amide bonds. The molecule has 2 rings (SSSR count). The van der Waals surface area contributed by atoms with E-state index in [0.717, 1.165) is 50.1 Å². The van der Waals surface area contributed by atoms with Gasteiger partial charge in [0.15, 0.2) is 0 Å². The van der Waals surface area contributed by atoms with Gasteiger partial charge in [0, 0.05) is 19.8 Å². The molecule has 0 fully saturated rings. The molecule has 1 aromatic carbocycles. The Balaban J connectivity index is 1.97. The van der Waals surface area contributed by atoms with E-state index >= 15 is 0 Å². The minimum atomic E-state index is 0.511. The van der Waals surface area contributed by atoms with Crippen LogP contribution in [0.2, 0.25) is 5.02 Å². The molecule has 0 aliphatic rings. The minimum Gasteiger partial charge on any atom is -0.381 e. The number of hydrogen-bond donors (Lipinski definition) is 1. The molecule has 0 spiro atoms. The number of para-hydroxylation sites is 1. The fourth-order valence-corrected chi connectivity index (χ4v) is 2.25. The van der Waals surface area contributed by atoms with Gasteiger partial charge >= 0.3 is 0 Å². The second-order valence-corrected chi connectivity index (χ2v) is 4.96. The number of anilines is 1. The molecule has 0 radical (unpaired) electrons. The first kappa shape index (κ1) is 14.2. The SMILES string of the molecule is CCCCOCCCn1c(N)nc2c(Cl)cccc21. The van der Waals surface area contributed by atoms with Gasteiger partial charge in [-0.15, -0.1) is 0 Å². The molecule has 0 saturated heterocycles. The van der Waals surface area contributed by atoms with Crippen molar-refractivity contribution in [3.63, 3.8) is 0 Å². The Morgan fingerprint density at radius 1 is 1.32 bits per heavy atom. The summed E-state index contributed by atoms with van der Waals surface area (Å²) in [5, 5.41) is 0.641. The van der Waals surface area contributed by atoms with Crippen molar-refractivity contribution in [2.45, 2.75) is 32.7 Å². The number of nitrogens with zero attached hydrogens (tertiary/aromatic N) is 2. The van der Waals surface area contributed by atoms with Crippen molar-refractivity contribution in [2.75, 3.05) is 18.9 Å². The zero-order chi connectivity index (χ0) is 13.7. The molecule has 2 N–H and O–H groups in total. The van der Waals surface area contributed by atoms with Crippen LogP contribution in [-0.2, 0) is 11.3 Å². The predicted octanol–water partition coefficient (Wildman–Crippen LogP) is 3.48. The second kappa shape index (κ2) is 6.78. The van der Waals surface area contributed by atoms with Crippen molar-refractivity contribution in [2.24, 2.45) is 0 Å². The van der Waals surface area contributed by atoms with Gasteiger partial charge in [-0.3, -0.25) is 0 Å². The molecule has 19 heavy (non-hydrogen) atoms. The lowest BCUT2D eigenvalue weighted by Crippen LogP contribution is -2.06. The van der Waals surface area contributed by atoms with E-state index in [1.54, 1.807) is 0 Å². The van der Waals surface area contributed by atoms with Gasteiger partial charge in [0.1, 0.15) is 5.52 Å². The summed E-state index contributed by atoms with van der Waals surface area (Å²) in [4.78, 5) is 4.31. The Morgan fingerprint density at radius 3 is 2.89 bits per heavy atom. The third-order valence-electron chi connectivity index (χ3n) is 3.07. The van der Waals surface area contributed by atoms with Crippen LogP contribution in [-0.4, -0.2) is 22.8 Å². The Kier molecular flexibility index (Phi) is 5.05. The van der Waals surface area contributed by atoms with Gasteiger partial charge in [-0.2, -0.15) is 0 Å². The zero-order valence-electron chi connectivity index (χ0n) is 11.2. The van der Waals surface area contributed by atoms with Crippen molar-refractivity contribution in [1.82, 2.24) is 9.55 Å². The summed E-state index contributed by atoms with van der Waals surface area (Å²) in [7, 11) is 0. The van der Waals surface area contributed by atoms with Gasteiger partial charge in [0.25, 0.3) is 0 Å². The number of aryl methyl sites for hydroxylation is 1. The van der Waals surface area contributed by atoms with Gasteiger partial charge in [0.05, 0.1) is 10.5 Å². The number of unbranched alkanes of at least 4 members (excludes halogenated alkanes) is 1. The van der Waals surface area contributed by atoms with Gasteiger partial charge < -0.3 is 15.0 Å². The molecule has 0 unspecified atom stereocenters. The summed E-state index contributed by atoms with van der Waals surface area (Å²) < 4.78 is 7.54. The summed E-state index contributed by atoms with van der Waals surface area (Å²) in [6.07, 6.45) is 3.20. The molecule has 0 aliphatic carbocycles. The first-order valence-electron chi connectivity index (χ1n) is 6.72. The molecule has 2 aromatic rings. The molecular weight excluding hydrogens is 262 g/mol. The standard InChI is InChI=1S/C14H20ClN3O/c1-2-3-9-19-10-5-8-18-12-7-4-6-11(15)13(12)17-14(18)16/h4,6-7H,2-3,5,8-10H2,1H3,(H2,16,17). The Bertz CT molecular complexity index is 539. The maximum Gasteiger partial charge on any atom is 0.201 e. The smallest absolute Gasteiger partial charge is 0.201 e. The van der Waals surface area contributed by atoms with Gasteiger partial charge in [-0.25, -0.2) is 4.98 Å². The average molecular weight is 282 g/mol. The monoisotopic (exact) mass is 281 g/mol. The maximum absolute atomic E-state index is 6.10. The highest BCUT2D eigenvalue weighted by Crippen LogP contribution is 2.24. The molecule has 0 saturated carbocycles. The number of ether oxygens (including phenoxy) is 1. The number of nitrogens with two attached hydrogens (primary N) is 1. The highest BCUT2D eigenvalue weighted by Gasteiger charge is 2.09. The van der Waals surface area contributed by atoms with Gasteiger partial charge in [-0.05, 0) is 25.0 Å². The highest BCUT2D eigenvalue weighted by molar-refractivity contribution is 6.35. The van der Waals surface area contributed by atoms with Crippen molar-refractivity contribution in [1.29, 1.82) is 0 Å². The lowest BCUT2D eigenvalue weighted by atomic mass is 10.3. The van der Waals surface area contributed by atoms with E-state index in [0.29, 0.717) is 11.0 Å². The van der Waals surface area contributed by atoms with Crippen LogP contribution in [0.25, 0.3) is 11.0 Å². The second-order valence-electron chi connectivity index (χ2n) is 4.55.